The lowest BCUT2D eigenvalue weighted by Gasteiger charge is -2.23. The van der Waals surface area contributed by atoms with Gasteiger partial charge in [0.1, 0.15) is 10.8 Å². The van der Waals surface area contributed by atoms with Gasteiger partial charge in [0.2, 0.25) is 5.91 Å². The number of rotatable bonds is 7. The predicted molar refractivity (Wildman–Crippen MR) is 115 cm³/mol. The number of thiazole rings is 1. The molecule has 0 spiro atoms. The fraction of sp³-hybridized carbons (Fsp3) is 0.286. The molecule has 1 heterocycles. The molecule has 0 fully saturated rings. The van der Waals surface area contributed by atoms with Crippen molar-refractivity contribution < 1.29 is 14.3 Å². The van der Waals surface area contributed by atoms with Crippen LogP contribution in [0.4, 0.5) is 10.5 Å². The van der Waals surface area contributed by atoms with Crippen molar-refractivity contribution in [3.05, 3.63) is 53.5 Å². The highest BCUT2D eigenvalue weighted by Gasteiger charge is 2.20. The lowest BCUT2D eigenvalue weighted by atomic mass is 10.2. The number of fused-ring (bicyclic) bond motifs is 1. The average Bonchev–Trinajstić information content (AvgIpc) is 3.17. The highest BCUT2D eigenvalue weighted by Crippen LogP contribution is 2.28. The number of nitrogens with zero attached hydrogens (tertiary/aromatic N) is 2. The maximum atomic E-state index is 12.5. The average molecular weight is 413 g/mol. The molecule has 8 heteroatoms. The van der Waals surface area contributed by atoms with E-state index in [2.05, 4.69) is 15.6 Å². The number of anilines is 1. The van der Waals surface area contributed by atoms with Crippen LogP contribution in [0.2, 0.25) is 0 Å². The minimum atomic E-state index is -0.357. The Kier molecular flexibility index (Phi) is 6.66. The summed E-state index contributed by atoms with van der Waals surface area (Å²) in [6.07, 6.45) is 0.210. The van der Waals surface area contributed by atoms with Crippen LogP contribution in [-0.4, -0.2) is 42.5 Å². The van der Waals surface area contributed by atoms with Crippen LogP contribution in [0.1, 0.15) is 24.4 Å². The zero-order valence-corrected chi connectivity index (χ0v) is 17.5. The Morgan fingerprint density at radius 3 is 2.59 bits per heavy atom. The van der Waals surface area contributed by atoms with E-state index in [1.54, 1.807) is 54.7 Å². The second kappa shape index (κ2) is 9.38. The van der Waals surface area contributed by atoms with Crippen molar-refractivity contribution in [3.63, 3.8) is 0 Å². The van der Waals surface area contributed by atoms with E-state index in [1.807, 2.05) is 31.2 Å². The summed E-state index contributed by atoms with van der Waals surface area (Å²) in [5.74, 6) is 0.661. The lowest BCUT2D eigenvalue weighted by molar-refractivity contribution is -0.131. The number of para-hydroxylation sites is 1. The van der Waals surface area contributed by atoms with Crippen LogP contribution >= 0.6 is 11.3 Å². The molecule has 0 radical (unpaired) electrons. The number of methoxy groups -OCH3 is 1. The van der Waals surface area contributed by atoms with E-state index in [0.29, 0.717) is 11.4 Å². The first-order chi connectivity index (χ1) is 14.0. The monoisotopic (exact) mass is 412 g/mol. The molecule has 3 aromatic rings. The number of hydrogen-bond acceptors (Lipinski definition) is 5. The van der Waals surface area contributed by atoms with Gasteiger partial charge in [0, 0.05) is 25.7 Å². The Hall–Kier alpha value is -3.13. The van der Waals surface area contributed by atoms with Crippen molar-refractivity contribution in [1.29, 1.82) is 0 Å². The highest BCUT2D eigenvalue weighted by atomic mass is 32.1. The van der Waals surface area contributed by atoms with Crippen LogP contribution < -0.4 is 15.4 Å². The number of carbonyl (C=O) groups is 2. The molecule has 1 aromatic heterocycles. The van der Waals surface area contributed by atoms with Gasteiger partial charge in [-0.2, -0.15) is 0 Å². The maximum Gasteiger partial charge on any atom is 0.319 e. The summed E-state index contributed by atoms with van der Waals surface area (Å²) in [5.41, 5.74) is 1.59. The van der Waals surface area contributed by atoms with E-state index in [1.165, 1.54) is 0 Å². The van der Waals surface area contributed by atoms with E-state index in [-0.39, 0.29) is 30.9 Å². The van der Waals surface area contributed by atoms with Crippen LogP contribution in [0.15, 0.2) is 48.5 Å². The van der Waals surface area contributed by atoms with Crippen LogP contribution in [0.3, 0.4) is 0 Å². The SMILES string of the molecule is COc1ccc(NC(=O)NCCC(=O)N(C)C(C)c2nc3ccccc3s2)cc1. The summed E-state index contributed by atoms with van der Waals surface area (Å²) >= 11 is 1.59. The van der Waals surface area contributed by atoms with Crippen LogP contribution in [0.5, 0.6) is 5.75 Å². The quantitative estimate of drug-likeness (QED) is 0.614. The van der Waals surface area contributed by atoms with Crippen molar-refractivity contribution in [2.45, 2.75) is 19.4 Å². The normalized spacial score (nSPS) is 11.7. The second-order valence-corrected chi connectivity index (χ2v) is 7.62. The third-order valence-electron chi connectivity index (χ3n) is 4.61. The largest absolute Gasteiger partial charge is 0.497 e. The van der Waals surface area contributed by atoms with Crippen molar-refractivity contribution in [1.82, 2.24) is 15.2 Å². The third kappa shape index (κ3) is 5.23. The molecule has 0 bridgehead atoms. The molecule has 1 unspecified atom stereocenters. The summed E-state index contributed by atoms with van der Waals surface area (Å²) in [5, 5.41) is 6.32. The summed E-state index contributed by atoms with van der Waals surface area (Å²) in [7, 11) is 3.34. The maximum absolute atomic E-state index is 12.5. The van der Waals surface area contributed by atoms with E-state index >= 15 is 0 Å². The van der Waals surface area contributed by atoms with Gasteiger partial charge in [0.25, 0.3) is 0 Å². The van der Waals surface area contributed by atoms with E-state index in [9.17, 15) is 9.59 Å². The molecule has 2 N–H and O–H groups in total. The van der Waals surface area contributed by atoms with Crippen molar-refractivity contribution in [2.75, 3.05) is 26.0 Å². The zero-order chi connectivity index (χ0) is 20.8. The topological polar surface area (TPSA) is 83.6 Å². The van der Waals surface area contributed by atoms with Gasteiger partial charge in [0.05, 0.1) is 23.4 Å². The highest BCUT2D eigenvalue weighted by molar-refractivity contribution is 7.18. The third-order valence-corrected chi connectivity index (χ3v) is 5.82. The Morgan fingerprint density at radius 1 is 1.17 bits per heavy atom. The lowest BCUT2D eigenvalue weighted by Crippen LogP contribution is -2.35. The fourth-order valence-electron chi connectivity index (χ4n) is 2.76. The van der Waals surface area contributed by atoms with Gasteiger partial charge in [-0.15, -0.1) is 11.3 Å². The summed E-state index contributed by atoms with van der Waals surface area (Å²) < 4.78 is 6.19. The van der Waals surface area contributed by atoms with Gasteiger partial charge in [-0.05, 0) is 43.3 Å². The smallest absolute Gasteiger partial charge is 0.319 e. The molecule has 0 aliphatic rings. The number of nitrogens with one attached hydrogen (secondary N) is 2. The molecule has 29 heavy (non-hydrogen) atoms. The Balaban J connectivity index is 1.47. The first kappa shape index (κ1) is 20.6. The summed E-state index contributed by atoms with van der Waals surface area (Å²) in [6, 6.07) is 14.5. The molecular formula is C21H24N4O3S. The number of benzene rings is 2. The van der Waals surface area contributed by atoms with Crippen molar-refractivity contribution >= 4 is 39.2 Å². The van der Waals surface area contributed by atoms with Gasteiger partial charge in [0.15, 0.2) is 0 Å². The van der Waals surface area contributed by atoms with Crippen molar-refractivity contribution in [3.8, 4) is 5.75 Å². The second-order valence-electron chi connectivity index (χ2n) is 6.56. The van der Waals surface area contributed by atoms with Crippen molar-refractivity contribution in [2.24, 2.45) is 0 Å². The minimum absolute atomic E-state index is 0.0542. The van der Waals surface area contributed by atoms with Gasteiger partial charge in [-0.3, -0.25) is 4.79 Å². The molecular weight excluding hydrogens is 388 g/mol. The Morgan fingerprint density at radius 2 is 1.90 bits per heavy atom. The number of hydrogen-bond donors (Lipinski definition) is 2. The first-order valence-corrected chi connectivity index (χ1v) is 10.1. The Bertz CT molecular complexity index is 954. The molecule has 0 aliphatic heterocycles. The molecule has 2 aromatic carbocycles. The summed E-state index contributed by atoms with van der Waals surface area (Å²) in [6.45, 7) is 2.21. The number of carbonyl (C=O) groups excluding carboxylic acids is 2. The molecule has 3 rings (SSSR count). The van der Waals surface area contributed by atoms with Gasteiger partial charge < -0.3 is 20.3 Å². The van der Waals surface area contributed by atoms with Crippen LogP contribution in [-0.2, 0) is 4.79 Å². The Labute approximate surface area is 173 Å². The summed E-state index contributed by atoms with van der Waals surface area (Å²) in [4.78, 5) is 30.8. The molecule has 152 valence electrons. The molecule has 0 aliphatic carbocycles. The number of ether oxygens (including phenoxy) is 1. The fourth-order valence-corrected chi connectivity index (χ4v) is 3.82. The molecule has 0 saturated carbocycles. The van der Waals surface area contributed by atoms with E-state index < -0.39 is 0 Å². The number of urea groups is 1. The zero-order valence-electron chi connectivity index (χ0n) is 16.6. The molecule has 3 amide bonds. The minimum Gasteiger partial charge on any atom is -0.497 e. The van der Waals surface area contributed by atoms with E-state index in [4.69, 9.17) is 4.74 Å². The number of aromatic nitrogens is 1. The standard InChI is InChI=1S/C21H24N4O3S/c1-14(20-24-17-6-4-5-7-18(17)29-20)25(2)19(26)12-13-22-21(27)23-15-8-10-16(28-3)11-9-15/h4-11,14H,12-13H2,1-3H3,(H2,22,23,27). The molecule has 0 saturated heterocycles. The molecule has 7 nitrogen and oxygen atoms in total. The predicted octanol–water partition coefficient (Wildman–Crippen LogP) is 4.04. The van der Waals surface area contributed by atoms with Gasteiger partial charge in [-0.25, -0.2) is 9.78 Å². The van der Waals surface area contributed by atoms with Gasteiger partial charge >= 0.3 is 6.03 Å². The van der Waals surface area contributed by atoms with Crippen LogP contribution in [0, 0.1) is 0 Å². The molecule has 1 atom stereocenters. The van der Waals surface area contributed by atoms with E-state index in [0.717, 1.165) is 15.2 Å². The van der Waals surface area contributed by atoms with Gasteiger partial charge in [-0.1, -0.05) is 12.1 Å². The van der Waals surface area contributed by atoms with Crippen LogP contribution in [0.25, 0.3) is 10.2 Å². The first-order valence-electron chi connectivity index (χ1n) is 9.28. The number of amides is 3.